The molecular formula is C14H21NOS. The monoisotopic (exact) mass is 251 g/mol. The maximum Gasteiger partial charge on any atom is 0.136 e. The first-order chi connectivity index (χ1) is 7.88. The molecule has 0 aromatic heterocycles. The molecule has 1 aromatic rings. The van der Waals surface area contributed by atoms with Gasteiger partial charge in [0.05, 0.1) is 6.04 Å². The Morgan fingerprint density at radius 2 is 2.06 bits per heavy atom. The van der Waals surface area contributed by atoms with Crippen LogP contribution in [0.4, 0.5) is 0 Å². The molecule has 0 radical (unpaired) electrons. The second-order valence-electron chi connectivity index (χ2n) is 5.79. The van der Waals surface area contributed by atoms with E-state index in [4.69, 9.17) is 0 Å². The Morgan fingerprint density at radius 3 is 2.71 bits per heavy atom. The summed E-state index contributed by atoms with van der Waals surface area (Å²) >= 11 is -0.991. The second kappa shape index (κ2) is 4.63. The van der Waals surface area contributed by atoms with Crippen LogP contribution in [-0.4, -0.2) is 9.30 Å². The lowest BCUT2D eigenvalue weighted by molar-refractivity contribution is 0.522. The van der Waals surface area contributed by atoms with Gasteiger partial charge in [0.1, 0.15) is 4.75 Å². The van der Waals surface area contributed by atoms with Crippen molar-refractivity contribution in [2.45, 2.75) is 51.3 Å². The van der Waals surface area contributed by atoms with E-state index in [1.807, 2.05) is 20.8 Å². The van der Waals surface area contributed by atoms with Crippen molar-refractivity contribution in [1.29, 1.82) is 0 Å². The zero-order valence-electron chi connectivity index (χ0n) is 11.0. The summed E-state index contributed by atoms with van der Waals surface area (Å²) in [5.41, 5.74) is 4.01. The summed E-state index contributed by atoms with van der Waals surface area (Å²) in [5.74, 6) is 0. The highest BCUT2D eigenvalue weighted by atomic mass is 32.2. The van der Waals surface area contributed by atoms with E-state index in [0.29, 0.717) is 0 Å². The summed E-state index contributed by atoms with van der Waals surface area (Å²) < 4.78 is 15.2. The van der Waals surface area contributed by atoms with E-state index in [9.17, 15) is 4.55 Å². The fourth-order valence-corrected chi connectivity index (χ4v) is 3.01. The van der Waals surface area contributed by atoms with Crippen LogP contribution < -0.4 is 4.72 Å². The molecule has 1 unspecified atom stereocenters. The van der Waals surface area contributed by atoms with Gasteiger partial charge in [-0.15, -0.1) is 4.72 Å². The van der Waals surface area contributed by atoms with Gasteiger partial charge in [0.15, 0.2) is 0 Å². The predicted molar refractivity (Wildman–Crippen MR) is 73.3 cm³/mol. The molecule has 1 aliphatic carbocycles. The van der Waals surface area contributed by atoms with E-state index >= 15 is 0 Å². The molecule has 0 saturated carbocycles. The van der Waals surface area contributed by atoms with Gasteiger partial charge >= 0.3 is 0 Å². The highest BCUT2D eigenvalue weighted by Crippen LogP contribution is 2.33. The number of nitrogens with one attached hydrogen (secondary N) is 1. The van der Waals surface area contributed by atoms with Crippen LogP contribution in [0.3, 0.4) is 0 Å². The van der Waals surface area contributed by atoms with Gasteiger partial charge in [-0.2, -0.15) is 0 Å². The molecule has 0 spiro atoms. The van der Waals surface area contributed by atoms with E-state index in [0.717, 1.165) is 12.8 Å². The largest absolute Gasteiger partial charge is 0.598 e. The lowest BCUT2D eigenvalue weighted by atomic mass is 10.1. The first kappa shape index (κ1) is 12.9. The molecule has 3 heteroatoms. The van der Waals surface area contributed by atoms with Gasteiger partial charge in [-0.05, 0) is 51.7 Å². The summed E-state index contributed by atoms with van der Waals surface area (Å²) in [6.07, 6.45) is 2.15. The molecule has 0 amide bonds. The van der Waals surface area contributed by atoms with Crippen LogP contribution in [0, 0.1) is 6.92 Å². The SMILES string of the molecule is Cc1ccc2c(c1)[C@H](N[S+]([O-])C(C)(C)C)CC2. The molecule has 1 N–H and O–H groups in total. The van der Waals surface area contributed by atoms with Crippen molar-refractivity contribution in [2.75, 3.05) is 0 Å². The van der Waals surface area contributed by atoms with Gasteiger partial charge in [-0.1, -0.05) is 23.8 Å². The quantitative estimate of drug-likeness (QED) is 0.820. The molecule has 0 fully saturated rings. The molecule has 17 heavy (non-hydrogen) atoms. The Hall–Kier alpha value is -0.510. The first-order valence-corrected chi connectivity index (χ1v) is 7.30. The topological polar surface area (TPSA) is 35.1 Å². The van der Waals surface area contributed by atoms with Crippen molar-refractivity contribution in [3.05, 3.63) is 34.9 Å². The highest BCUT2D eigenvalue weighted by molar-refractivity contribution is 7.90. The van der Waals surface area contributed by atoms with Crippen LogP contribution >= 0.6 is 0 Å². The van der Waals surface area contributed by atoms with Gasteiger partial charge in [0.25, 0.3) is 0 Å². The zero-order valence-corrected chi connectivity index (χ0v) is 11.9. The Balaban J connectivity index is 2.14. The number of hydrogen-bond acceptors (Lipinski definition) is 2. The molecule has 0 bridgehead atoms. The summed E-state index contributed by atoms with van der Waals surface area (Å²) in [7, 11) is 0. The normalized spacial score (nSPS) is 21.4. The molecular weight excluding hydrogens is 230 g/mol. The number of aryl methyl sites for hydroxylation is 2. The number of rotatable bonds is 2. The van der Waals surface area contributed by atoms with Gasteiger partial charge in [0.2, 0.25) is 0 Å². The average Bonchev–Trinajstić information content (AvgIpc) is 2.60. The maximum absolute atomic E-state index is 12.1. The maximum atomic E-state index is 12.1. The van der Waals surface area contributed by atoms with Crippen LogP contribution in [-0.2, 0) is 17.8 Å². The third-order valence-corrected chi connectivity index (χ3v) is 4.80. The van der Waals surface area contributed by atoms with E-state index in [1.165, 1.54) is 16.7 Å². The molecule has 2 nitrogen and oxygen atoms in total. The number of benzene rings is 1. The highest BCUT2D eigenvalue weighted by Gasteiger charge is 2.32. The molecule has 1 aliphatic rings. The van der Waals surface area contributed by atoms with E-state index < -0.39 is 11.4 Å². The molecule has 0 heterocycles. The Bertz CT molecular complexity index is 411. The number of fused-ring (bicyclic) bond motifs is 1. The smallest absolute Gasteiger partial charge is 0.136 e. The van der Waals surface area contributed by atoms with Gasteiger partial charge in [-0.25, -0.2) is 0 Å². The van der Waals surface area contributed by atoms with E-state index in [1.54, 1.807) is 0 Å². The van der Waals surface area contributed by atoms with Crippen molar-refractivity contribution in [3.8, 4) is 0 Å². The van der Waals surface area contributed by atoms with E-state index in [-0.39, 0.29) is 10.8 Å². The van der Waals surface area contributed by atoms with Crippen molar-refractivity contribution >= 4 is 11.4 Å². The van der Waals surface area contributed by atoms with Crippen LogP contribution in [0.1, 0.15) is 49.9 Å². The third kappa shape index (κ3) is 2.84. The molecule has 2 atom stereocenters. The van der Waals surface area contributed by atoms with Crippen LogP contribution in [0.15, 0.2) is 18.2 Å². The molecule has 0 aliphatic heterocycles. The average molecular weight is 251 g/mol. The second-order valence-corrected chi connectivity index (χ2v) is 7.79. The van der Waals surface area contributed by atoms with Crippen molar-refractivity contribution in [3.63, 3.8) is 0 Å². The molecule has 1 aromatic carbocycles. The Kier molecular flexibility index (Phi) is 3.53. The van der Waals surface area contributed by atoms with Gasteiger partial charge in [-0.3, -0.25) is 0 Å². The lowest BCUT2D eigenvalue weighted by Crippen LogP contribution is -2.40. The van der Waals surface area contributed by atoms with Gasteiger partial charge < -0.3 is 4.55 Å². The van der Waals surface area contributed by atoms with Crippen LogP contribution in [0.25, 0.3) is 0 Å². The minimum Gasteiger partial charge on any atom is -0.598 e. The van der Waals surface area contributed by atoms with E-state index in [2.05, 4.69) is 29.8 Å². The summed E-state index contributed by atoms with van der Waals surface area (Å²) in [6, 6.07) is 6.83. The minimum absolute atomic E-state index is 0.202. The zero-order chi connectivity index (χ0) is 12.6. The Labute approximate surface area is 107 Å². The summed E-state index contributed by atoms with van der Waals surface area (Å²) in [6.45, 7) is 8.11. The van der Waals surface area contributed by atoms with Crippen LogP contribution in [0.5, 0.6) is 0 Å². The lowest BCUT2D eigenvalue weighted by Gasteiger charge is -2.26. The summed E-state index contributed by atoms with van der Waals surface area (Å²) in [5, 5.41) is 0. The third-order valence-electron chi connectivity index (χ3n) is 3.18. The molecule has 0 saturated heterocycles. The fraction of sp³-hybridized carbons (Fsp3) is 0.571. The van der Waals surface area contributed by atoms with Crippen molar-refractivity contribution in [2.24, 2.45) is 0 Å². The van der Waals surface area contributed by atoms with Crippen molar-refractivity contribution < 1.29 is 4.55 Å². The van der Waals surface area contributed by atoms with Crippen LogP contribution in [0.2, 0.25) is 0 Å². The minimum atomic E-state index is -0.991. The van der Waals surface area contributed by atoms with Crippen molar-refractivity contribution in [1.82, 2.24) is 4.72 Å². The summed E-state index contributed by atoms with van der Waals surface area (Å²) in [4.78, 5) is 0. The standard InChI is InChI=1S/C14H21NOS/c1-10-5-6-11-7-8-13(12(11)9-10)15-17(16)14(2,3)4/h5-6,9,13,15H,7-8H2,1-4H3/t13-,17?/m1/s1. The van der Waals surface area contributed by atoms with Gasteiger partial charge in [0, 0.05) is 11.4 Å². The fourth-order valence-electron chi connectivity index (χ4n) is 2.15. The molecule has 94 valence electrons. The first-order valence-electron chi connectivity index (χ1n) is 6.15. The number of hydrogen-bond donors (Lipinski definition) is 1. The molecule has 2 rings (SSSR count). The predicted octanol–water partition coefficient (Wildman–Crippen LogP) is 3.03. The Morgan fingerprint density at radius 1 is 1.35 bits per heavy atom.